The molecule has 0 fully saturated rings. The molecule has 0 saturated heterocycles. The molecule has 0 radical (unpaired) electrons. The third-order valence-corrected chi connectivity index (χ3v) is 3.77. The normalized spacial score (nSPS) is 29.7. The van der Waals surface area contributed by atoms with E-state index in [0.29, 0.717) is 16.5 Å². The molecule has 1 aliphatic carbocycles. The van der Waals surface area contributed by atoms with Crippen LogP contribution in [0.5, 0.6) is 0 Å². The molecule has 0 aliphatic heterocycles. The maximum Gasteiger partial charge on any atom is 0.138 e. The summed E-state index contributed by atoms with van der Waals surface area (Å²) < 4.78 is -1.11. The molecule has 0 aromatic rings. The Balaban J connectivity index is 3.04. The van der Waals surface area contributed by atoms with E-state index in [0.717, 1.165) is 0 Å². The van der Waals surface area contributed by atoms with Gasteiger partial charge in [-0.25, -0.2) is 0 Å². The van der Waals surface area contributed by atoms with Crippen molar-refractivity contribution in [2.75, 3.05) is 0 Å². The predicted octanol–water partition coefficient (Wildman–Crippen LogP) is 4.81. The van der Waals surface area contributed by atoms with Crippen LogP contribution in [0.1, 0.15) is 13.3 Å². The first kappa shape index (κ1) is 12.0. The highest BCUT2D eigenvalue weighted by Gasteiger charge is 2.44. The van der Waals surface area contributed by atoms with Gasteiger partial charge in [-0.15, -0.1) is 11.6 Å². The van der Waals surface area contributed by atoms with Crippen LogP contribution in [0.15, 0.2) is 22.2 Å². The predicted molar refractivity (Wildman–Crippen MR) is 61.2 cm³/mol. The van der Waals surface area contributed by atoms with Crippen molar-refractivity contribution < 1.29 is 0 Å². The van der Waals surface area contributed by atoms with Gasteiger partial charge in [-0.3, -0.25) is 0 Å². The zero-order chi connectivity index (χ0) is 10.3. The summed E-state index contributed by atoms with van der Waals surface area (Å²) in [6.45, 7) is 1.61. The standard InChI is InChI=1S/C8H7Cl5/c1-7(11,12)8(13)3-5(9)2-6(10)4-8/h2-3H,4H2,1H3. The second-order valence-corrected chi connectivity index (χ2v) is 6.35. The lowest BCUT2D eigenvalue weighted by Gasteiger charge is -2.34. The quantitative estimate of drug-likeness (QED) is 0.605. The Bertz CT molecular complexity index is 273. The molecule has 0 saturated carbocycles. The number of hydrogen-bond donors (Lipinski definition) is 0. The molecule has 0 aromatic heterocycles. The Morgan fingerprint density at radius 2 is 1.92 bits per heavy atom. The molecule has 0 aromatic carbocycles. The molecule has 5 heteroatoms. The molecule has 74 valence electrons. The van der Waals surface area contributed by atoms with Crippen LogP contribution in [0.3, 0.4) is 0 Å². The van der Waals surface area contributed by atoms with Crippen LogP contribution in [-0.4, -0.2) is 9.21 Å². The number of allylic oxidation sites excluding steroid dienone is 4. The van der Waals surface area contributed by atoms with Crippen molar-refractivity contribution in [3.63, 3.8) is 0 Å². The molecule has 0 bridgehead atoms. The summed E-state index contributed by atoms with van der Waals surface area (Å²) in [7, 11) is 0. The molecule has 0 amide bonds. The second kappa shape index (κ2) is 3.83. The monoisotopic (exact) mass is 278 g/mol. The Labute approximate surface area is 102 Å². The van der Waals surface area contributed by atoms with E-state index in [-0.39, 0.29) is 0 Å². The van der Waals surface area contributed by atoms with Gasteiger partial charge in [0.25, 0.3) is 0 Å². The van der Waals surface area contributed by atoms with Crippen LogP contribution in [-0.2, 0) is 0 Å². The summed E-state index contributed by atoms with van der Waals surface area (Å²) in [5.74, 6) is 0. The van der Waals surface area contributed by atoms with E-state index in [2.05, 4.69) is 0 Å². The van der Waals surface area contributed by atoms with Crippen LogP contribution in [0.2, 0.25) is 0 Å². The molecule has 13 heavy (non-hydrogen) atoms. The smallest absolute Gasteiger partial charge is 0.111 e. The Morgan fingerprint density at radius 3 is 2.31 bits per heavy atom. The van der Waals surface area contributed by atoms with E-state index in [4.69, 9.17) is 58.0 Å². The minimum absolute atomic E-state index is 0.385. The number of alkyl halides is 3. The first-order chi connectivity index (χ1) is 5.74. The van der Waals surface area contributed by atoms with E-state index < -0.39 is 9.21 Å². The molecule has 1 rings (SSSR count). The van der Waals surface area contributed by atoms with E-state index in [1.54, 1.807) is 19.1 Å². The van der Waals surface area contributed by atoms with Crippen molar-refractivity contribution in [3.05, 3.63) is 22.2 Å². The van der Waals surface area contributed by atoms with E-state index >= 15 is 0 Å². The first-order valence-electron chi connectivity index (χ1n) is 3.56. The van der Waals surface area contributed by atoms with Crippen molar-refractivity contribution in [1.82, 2.24) is 0 Å². The van der Waals surface area contributed by atoms with Gasteiger partial charge in [-0.2, -0.15) is 0 Å². The van der Waals surface area contributed by atoms with Crippen molar-refractivity contribution in [2.24, 2.45) is 0 Å². The molecule has 0 spiro atoms. The summed E-state index contributed by atoms with van der Waals surface area (Å²) in [5.41, 5.74) is 0. The number of halogens is 5. The highest BCUT2D eigenvalue weighted by Crippen LogP contribution is 2.47. The van der Waals surface area contributed by atoms with Gasteiger partial charge < -0.3 is 0 Å². The molecule has 1 unspecified atom stereocenters. The molecule has 1 atom stereocenters. The van der Waals surface area contributed by atoms with Crippen LogP contribution in [0, 0.1) is 0 Å². The first-order valence-corrected chi connectivity index (χ1v) is 5.45. The van der Waals surface area contributed by atoms with Gasteiger partial charge >= 0.3 is 0 Å². The lowest BCUT2D eigenvalue weighted by molar-refractivity contribution is 0.630. The average Bonchev–Trinajstić information content (AvgIpc) is 1.79. The van der Waals surface area contributed by atoms with Crippen LogP contribution in [0.4, 0.5) is 0 Å². The largest absolute Gasteiger partial charge is 0.138 e. The minimum Gasteiger partial charge on any atom is -0.111 e. The Morgan fingerprint density at radius 1 is 1.38 bits per heavy atom. The maximum atomic E-state index is 6.19. The lowest BCUT2D eigenvalue weighted by Crippen LogP contribution is -2.38. The van der Waals surface area contributed by atoms with Gasteiger partial charge in [0, 0.05) is 16.5 Å². The third kappa shape index (κ3) is 2.70. The van der Waals surface area contributed by atoms with E-state index in [1.165, 1.54) is 0 Å². The van der Waals surface area contributed by atoms with Gasteiger partial charge in [0.2, 0.25) is 0 Å². The van der Waals surface area contributed by atoms with Crippen molar-refractivity contribution in [1.29, 1.82) is 0 Å². The zero-order valence-electron chi connectivity index (χ0n) is 6.75. The minimum atomic E-state index is -1.11. The van der Waals surface area contributed by atoms with E-state index in [1.807, 2.05) is 0 Å². The molecule has 1 aliphatic rings. The summed E-state index contributed by atoms with van der Waals surface area (Å²) >= 11 is 29.7. The number of rotatable bonds is 1. The lowest BCUT2D eigenvalue weighted by atomic mass is 9.96. The molecule has 0 N–H and O–H groups in total. The van der Waals surface area contributed by atoms with Crippen molar-refractivity contribution in [3.8, 4) is 0 Å². The third-order valence-electron chi connectivity index (χ3n) is 1.82. The summed E-state index contributed by atoms with van der Waals surface area (Å²) in [5, 5.41) is 1.01. The average molecular weight is 280 g/mol. The molecular formula is C8H7Cl5. The van der Waals surface area contributed by atoms with Crippen molar-refractivity contribution in [2.45, 2.75) is 22.6 Å². The van der Waals surface area contributed by atoms with Crippen molar-refractivity contribution >= 4 is 58.0 Å². The number of hydrogen-bond acceptors (Lipinski definition) is 0. The molecule has 0 nitrogen and oxygen atoms in total. The highest BCUT2D eigenvalue weighted by atomic mass is 35.5. The topological polar surface area (TPSA) is 0 Å². The summed E-state index contributed by atoms with van der Waals surface area (Å²) in [6.07, 6.45) is 3.63. The van der Waals surface area contributed by atoms with Gasteiger partial charge in [0.15, 0.2) is 0 Å². The van der Waals surface area contributed by atoms with Crippen LogP contribution in [0.25, 0.3) is 0 Å². The Kier molecular flexibility index (Phi) is 3.53. The van der Waals surface area contributed by atoms with Gasteiger partial charge in [0.1, 0.15) is 9.21 Å². The highest BCUT2D eigenvalue weighted by molar-refractivity contribution is 6.54. The fourth-order valence-electron chi connectivity index (χ4n) is 1.04. The molecular weight excluding hydrogens is 273 g/mol. The second-order valence-electron chi connectivity index (χ2n) is 3.05. The summed E-state index contributed by atoms with van der Waals surface area (Å²) in [4.78, 5) is -0.932. The van der Waals surface area contributed by atoms with E-state index in [9.17, 15) is 0 Å². The fourth-order valence-corrected chi connectivity index (χ4v) is 2.37. The summed E-state index contributed by atoms with van der Waals surface area (Å²) in [6, 6.07) is 0. The maximum absolute atomic E-state index is 6.19. The molecule has 0 heterocycles. The Hall–Kier alpha value is 0.930. The van der Waals surface area contributed by atoms with Crippen LogP contribution < -0.4 is 0 Å². The van der Waals surface area contributed by atoms with Crippen LogP contribution >= 0.6 is 58.0 Å². The fraction of sp³-hybridized carbons (Fsp3) is 0.500. The zero-order valence-corrected chi connectivity index (χ0v) is 10.5. The van der Waals surface area contributed by atoms with Gasteiger partial charge in [0.05, 0.1) is 0 Å². The van der Waals surface area contributed by atoms with Gasteiger partial charge in [-0.05, 0) is 19.1 Å². The SMILES string of the molecule is CC(Cl)(Cl)C1(Cl)C=C(Cl)C=C(Cl)C1. The van der Waals surface area contributed by atoms with Gasteiger partial charge in [-0.1, -0.05) is 46.4 Å².